The zero-order chi connectivity index (χ0) is 21.8. The fraction of sp³-hybridized carbons (Fsp3) is 0.250. The van der Waals surface area contributed by atoms with E-state index in [0.29, 0.717) is 11.5 Å². The van der Waals surface area contributed by atoms with Crippen LogP contribution in [0, 0.1) is 11.7 Å². The number of carbonyl (C=O) groups excluding carboxylic acids is 1. The number of hydrogen-bond donors (Lipinski definition) is 0. The van der Waals surface area contributed by atoms with Crippen molar-refractivity contribution in [3.63, 3.8) is 0 Å². The van der Waals surface area contributed by atoms with Gasteiger partial charge in [0.15, 0.2) is 0 Å². The molecule has 4 heteroatoms. The van der Waals surface area contributed by atoms with Gasteiger partial charge in [-0.2, -0.15) is 0 Å². The molecule has 0 N–H and O–H groups in total. The third-order valence-electron chi connectivity index (χ3n) is 7.07. The highest BCUT2D eigenvalue weighted by Crippen LogP contribution is 2.47. The van der Waals surface area contributed by atoms with Crippen LogP contribution in [0.3, 0.4) is 0 Å². The van der Waals surface area contributed by atoms with E-state index in [4.69, 9.17) is 4.74 Å². The average Bonchev–Trinajstić information content (AvgIpc) is 3.34. The van der Waals surface area contributed by atoms with Crippen LogP contribution in [0.2, 0.25) is 0 Å². The summed E-state index contributed by atoms with van der Waals surface area (Å²) in [6.07, 6.45) is 5.28. The molecule has 2 aliphatic carbocycles. The van der Waals surface area contributed by atoms with Gasteiger partial charge in [0, 0.05) is 35.7 Å². The number of aryl methyl sites for hydroxylation is 1. The van der Waals surface area contributed by atoms with Gasteiger partial charge in [-0.15, -0.1) is 0 Å². The predicted octanol–water partition coefficient (Wildman–Crippen LogP) is 6.35. The Hall–Kier alpha value is -3.40. The average molecular weight is 426 g/mol. The number of nitrogens with zero attached hydrogens (tertiary/aromatic N) is 1. The highest BCUT2D eigenvalue weighted by atomic mass is 19.1. The Morgan fingerprint density at radius 1 is 1.03 bits per heavy atom. The molecule has 4 aromatic rings. The van der Waals surface area contributed by atoms with Crippen molar-refractivity contribution in [2.24, 2.45) is 13.0 Å². The van der Waals surface area contributed by atoms with E-state index in [9.17, 15) is 4.79 Å². The first kappa shape index (κ1) is 19.3. The van der Waals surface area contributed by atoms with Gasteiger partial charge in [-0.25, -0.2) is 4.39 Å². The van der Waals surface area contributed by atoms with Gasteiger partial charge in [0.1, 0.15) is 24.0 Å². The van der Waals surface area contributed by atoms with Gasteiger partial charge >= 0.3 is 0 Å². The van der Waals surface area contributed by atoms with Gasteiger partial charge in [0.2, 0.25) is 0 Å². The normalized spacial score (nSPS) is 21.5. The molecule has 0 radical (unpaired) electrons. The van der Waals surface area contributed by atoms with E-state index in [1.165, 1.54) is 10.9 Å². The minimum absolute atomic E-state index is 0.157. The highest BCUT2D eigenvalue weighted by Gasteiger charge is 2.38. The molecule has 3 aromatic carbocycles. The van der Waals surface area contributed by atoms with Crippen molar-refractivity contribution in [3.05, 3.63) is 89.4 Å². The van der Waals surface area contributed by atoms with Crippen molar-refractivity contribution in [2.75, 3.05) is 0 Å². The van der Waals surface area contributed by atoms with E-state index in [1.54, 1.807) is 6.07 Å². The van der Waals surface area contributed by atoms with Gasteiger partial charge in [0.05, 0.1) is 5.52 Å². The lowest BCUT2D eigenvalue weighted by Crippen LogP contribution is -2.06. The first-order chi connectivity index (χ1) is 15.6. The number of aromatic nitrogens is 1. The third kappa shape index (κ3) is 3.05. The van der Waals surface area contributed by atoms with Crippen LogP contribution in [0.5, 0.6) is 5.75 Å². The molecule has 32 heavy (non-hydrogen) atoms. The van der Waals surface area contributed by atoms with Gasteiger partial charge in [-0.05, 0) is 66.1 Å². The molecule has 0 amide bonds. The summed E-state index contributed by atoms with van der Waals surface area (Å²) in [5.41, 5.74) is 6.28. The lowest BCUT2D eigenvalue weighted by molar-refractivity contribution is -0.108. The summed E-state index contributed by atoms with van der Waals surface area (Å²) in [6, 6.07) is 19.8. The molecule has 0 saturated heterocycles. The van der Waals surface area contributed by atoms with Gasteiger partial charge in [-0.1, -0.05) is 36.4 Å². The lowest BCUT2D eigenvalue weighted by atomic mass is 9.95. The number of ether oxygens (including phenoxy) is 1. The second kappa shape index (κ2) is 7.33. The summed E-state index contributed by atoms with van der Waals surface area (Å²) in [6.45, 7) is 0. The summed E-state index contributed by atoms with van der Waals surface area (Å²) in [4.78, 5) is 10.9. The summed E-state index contributed by atoms with van der Waals surface area (Å²) in [5.74, 6) is 1.04. The zero-order valence-corrected chi connectivity index (χ0v) is 17.9. The van der Waals surface area contributed by atoms with E-state index >= 15 is 4.39 Å². The number of para-hydroxylation sites is 1. The van der Waals surface area contributed by atoms with E-state index < -0.39 is 0 Å². The molecule has 3 nitrogen and oxygen atoms in total. The van der Waals surface area contributed by atoms with Crippen LogP contribution in [0.25, 0.3) is 22.0 Å². The molecule has 160 valence electrons. The molecule has 0 bridgehead atoms. The Labute approximate surface area is 186 Å². The quantitative estimate of drug-likeness (QED) is 0.349. The van der Waals surface area contributed by atoms with Gasteiger partial charge < -0.3 is 14.1 Å². The molecule has 1 saturated carbocycles. The van der Waals surface area contributed by atoms with Crippen molar-refractivity contribution in [2.45, 2.75) is 31.3 Å². The highest BCUT2D eigenvalue weighted by molar-refractivity contribution is 5.95. The first-order valence-electron chi connectivity index (χ1n) is 11.2. The van der Waals surface area contributed by atoms with Crippen LogP contribution >= 0.6 is 0 Å². The largest absolute Gasteiger partial charge is 0.486 e. The van der Waals surface area contributed by atoms with Crippen LogP contribution in [0.4, 0.5) is 4.39 Å². The molecule has 3 atom stereocenters. The lowest BCUT2D eigenvalue weighted by Gasteiger charge is -2.17. The van der Waals surface area contributed by atoms with Crippen molar-refractivity contribution in [1.29, 1.82) is 0 Å². The fourth-order valence-corrected chi connectivity index (χ4v) is 5.32. The molecule has 1 aromatic heterocycles. The maximum atomic E-state index is 15.0. The molecule has 2 aliphatic rings. The SMILES string of the molecule is Cn1ccc2cccc(-c3ccc(F)c4c3CC[C@H]4Oc3ccc([C@H]4C[C@@H]4C=O)cc3)c21. The van der Waals surface area contributed by atoms with Gasteiger partial charge in [-0.3, -0.25) is 0 Å². The molecule has 1 heterocycles. The Bertz CT molecular complexity index is 1340. The molecular weight excluding hydrogens is 401 g/mol. The summed E-state index contributed by atoms with van der Waals surface area (Å²) in [7, 11) is 2.05. The Balaban J connectivity index is 1.33. The number of rotatable bonds is 5. The second-order valence-corrected chi connectivity index (χ2v) is 9.01. The van der Waals surface area contributed by atoms with Crippen molar-refractivity contribution in [3.8, 4) is 16.9 Å². The van der Waals surface area contributed by atoms with Crippen LogP contribution in [0.15, 0.2) is 66.9 Å². The number of benzene rings is 3. The number of hydrogen-bond acceptors (Lipinski definition) is 2. The Morgan fingerprint density at radius 2 is 1.88 bits per heavy atom. The third-order valence-corrected chi connectivity index (χ3v) is 7.07. The minimum Gasteiger partial charge on any atom is -0.486 e. The Kier molecular flexibility index (Phi) is 4.42. The Morgan fingerprint density at radius 3 is 2.66 bits per heavy atom. The number of fused-ring (bicyclic) bond motifs is 2. The van der Waals surface area contributed by atoms with Crippen LogP contribution < -0.4 is 4.74 Å². The van der Waals surface area contributed by atoms with Gasteiger partial charge in [0.25, 0.3) is 0 Å². The maximum Gasteiger partial charge on any atom is 0.130 e. The standard InChI is InChI=1S/C28H24FNO2/c1-30-14-13-18-3-2-4-23(28(18)30)21-9-11-25(29)27-22(21)10-12-26(27)32-20-7-5-17(6-8-20)24-15-19(24)16-31/h2-9,11,13-14,16,19,24,26H,10,12,15H2,1H3/t19-,24-,26-/m1/s1. The summed E-state index contributed by atoms with van der Waals surface area (Å²) >= 11 is 0. The predicted molar refractivity (Wildman–Crippen MR) is 123 cm³/mol. The maximum absolute atomic E-state index is 15.0. The van der Waals surface area contributed by atoms with E-state index in [2.05, 4.69) is 35.0 Å². The molecule has 0 unspecified atom stereocenters. The van der Waals surface area contributed by atoms with E-state index in [-0.39, 0.29) is 17.8 Å². The number of carbonyl (C=O) groups is 1. The van der Waals surface area contributed by atoms with Crippen LogP contribution in [-0.2, 0) is 18.3 Å². The molecule has 0 aliphatic heterocycles. The van der Waals surface area contributed by atoms with E-state index in [1.807, 2.05) is 37.4 Å². The number of aldehydes is 1. The van der Waals surface area contributed by atoms with Crippen LogP contribution in [0.1, 0.15) is 41.6 Å². The number of halogens is 1. The smallest absolute Gasteiger partial charge is 0.130 e. The van der Waals surface area contributed by atoms with Crippen LogP contribution in [-0.4, -0.2) is 10.9 Å². The summed E-state index contributed by atoms with van der Waals surface area (Å²) < 4.78 is 23.4. The molecular formula is C28H24FNO2. The monoisotopic (exact) mass is 425 g/mol. The minimum atomic E-state index is -0.299. The first-order valence-corrected chi connectivity index (χ1v) is 11.2. The molecule has 6 rings (SSSR count). The second-order valence-electron chi connectivity index (χ2n) is 9.01. The topological polar surface area (TPSA) is 31.2 Å². The zero-order valence-electron chi connectivity index (χ0n) is 17.9. The van der Waals surface area contributed by atoms with Crippen molar-refractivity contribution in [1.82, 2.24) is 4.57 Å². The van der Waals surface area contributed by atoms with Crippen molar-refractivity contribution < 1.29 is 13.9 Å². The molecule has 0 spiro atoms. The fourth-order valence-electron chi connectivity index (χ4n) is 5.32. The molecule has 1 fully saturated rings. The van der Waals surface area contributed by atoms with E-state index in [0.717, 1.165) is 53.5 Å². The summed E-state index contributed by atoms with van der Waals surface area (Å²) in [5, 5.41) is 1.18. The van der Waals surface area contributed by atoms with Crippen molar-refractivity contribution >= 4 is 17.2 Å².